The first kappa shape index (κ1) is 20.0. The predicted octanol–water partition coefficient (Wildman–Crippen LogP) is 4.20. The van der Waals surface area contributed by atoms with Gasteiger partial charge in [0.15, 0.2) is 0 Å². The largest absolute Gasteiger partial charge is 0.471 e. The Morgan fingerprint density at radius 1 is 1.00 bits per heavy atom. The number of nitrogens with one attached hydrogen (secondary N) is 2. The van der Waals surface area contributed by atoms with Crippen molar-refractivity contribution in [3.63, 3.8) is 0 Å². The first-order chi connectivity index (χ1) is 12.2. The Morgan fingerprint density at radius 2 is 1.69 bits per heavy atom. The lowest BCUT2D eigenvalue weighted by Gasteiger charge is -2.10. The molecule has 0 heterocycles. The van der Waals surface area contributed by atoms with Gasteiger partial charge in [-0.05, 0) is 41.8 Å². The zero-order valence-electron chi connectivity index (χ0n) is 13.6. The number of benzene rings is 2. The summed E-state index contributed by atoms with van der Waals surface area (Å²) in [6, 6.07) is 13.9. The molecule has 0 aromatic heterocycles. The van der Waals surface area contributed by atoms with E-state index in [1.54, 1.807) is 23.5 Å². The summed E-state index contributed by atoms with van der Waals surface area (Å²) < 4.78 is 37.5. The third kappa shape index (κ3) is 6.51. The lowest BCUT2D eigenvalue weighted by molar-refractivity contribution is -0.173. The number of carbonyl (C=O) groups is 2. The lowest BCUT2D eigenvalue weighted by atomic mass is 10.1. The molecule has 0 fully saturated rings. The molecule has 0 atom stereocenters. The van der Waals surface area contributed by atoms with E-state index in [-0.39, 0.29) is 18.9 Å². The Kier molecular flexibility index (Phi) is 6.79. The molecule has 138 valence electrons. The molecular formula is C18H16BrF3N2O2. The van der Waals surface area contributed by atoms with E-state index >= 15 is 0 Å². The summed E-state index contributed by atoms with van der Waals surface area (Å²) in [5.41, 5.74) is 1.92. The topological polar surface area (TPSA) is 58.2 Å². The molecule has 0 radical (unpaired) electrons. The zero-order chi connectivity index (χ0) is 19.2. The van der Waals surface area contributed by atoms with Crippen LogP contribution in [0.15, 0.2) is 53.0 Å². The van der Waals surface area contributed by atoms with Crippen LogP contribution >= 0.6 is 15.9 Å². The summed E-state index contributed by atoms with van der Waals surface area (Å²) in [6.45, 7) is -0.278. The fourth-order valence-electron chi connectivity index (χ4n) is 2.22. The minimum absolute atomic E-state index is 0.207. The van der Waals surface area contributed by atoms with Gasteiger partial charge < -0.3 is 10.6 Å². The van der Waals surface area contributed by atoms with Crippen LogP contribution in [0.2, 0.25) is 0 Å². The molecule has 0 spiro atoms. The van der Waals surface area contributed by atoms with Gasteiger partial charge in [-0.1, -0.05) is 40.2 Å². The van der Waals surface area contributed by atoms with Gasteiger partial charge in [0.25, 0.3) is 0 Å². The summed E-state index contributed by atoms with van der Waals surface area (Å²) in [7, 11) is 0. The molecule has 2 rings (SSSR count). The van der Waals surface area contributed by atoms with Crippen LogP contribution in [0.3, 0.4) is 0 Å². The summed E-state index contributed by atoms with van der Waals surface area (Å²) >= 11 is 3.37. The van der Waals surface area contributed by atoms with Crippen molar-refractivity contribution < 1.29 is 22.8 Å². The highest BCUT2D eigenvalue weighted by Crippen LogP contribution is 2.16. The fourth-order valence-corrected chi connectivity index (χ4v) is 2.66. The van der Waals surface area contributed by atoms with Gasteiger partial charge in [0.05, 0.1) is 0 Å². The van der Waals surface area contributed by atoms with Crippen LogP contribution in [0.4, 0.5) is 18.9 Å². The van der Waals surface area contributed by atoms with Crippen molar-refractivity contribution in [3.8, 4) is 0 Å². The van der Waals surface area contributed by atoms with Crippen molar-refractivity contribution >= 4 is 33.4 Å². The normalized spacial score (nSPS) is 11.1. The number of alkyl halides is 3. The maximum atomic E-state index is 12.2. The SMILES string of the molecule is O=C(CCc1cccc(Br)c1)Nc1cccc(CNC(=O)C(F)(F)F)c1. The molecule has 4 nitrogen and oxygen atoms in total. The molecule has 0 aliphatic heterocycles. The zero-order valence-corrected chi connectivity index (χ0v) is 15.2. The van der Waals surface area contributed by atoms with Crippen molar-refractivity contribution in [3.05, 3.63) is 64.1 Å². The van der Waals surface area contributed by atoms with Gasteiger partial charge in [0.1, 0.15) is 0 Å². The second kappa shape index (κ2) is 8.84. The minimum Gasteiger partial charge on any atom is -0.344 e. The van der Waals surface area contributed by atoms with Gasteiger partial charge in [-0.3, -0.25) is 9.59 Å². The average molecular weight is 429 g/mol. The van der Waals surface area contributed by atoms with Crippen LogP contribution < -0.4 is 10.6 Å². The molecule has 0 unspecified atom stereocenters. The number of carbonyl (C=O) groups excluding carboxylic acids is 2. The average Bonchev–Trinajstić information content (AvgIpc) is 2.57. The Morgan fingerprint density at radius 3 is 2.38 bits per heavy atom. The third-order valence-corrected chi connectivity index (χ3v) is 3.94. The second-order valence-corrected chi connectivity index (χ2v) is 6.47. The van der Waals surface area contributed by atoms with E-state index in [1.165, 1.54) is 6.07 Å². The van der Waals surface area contributed by atoms with E-state index in [2.05, 4.69) is 21.2 Å². The third-order valence-electron chi connectivity index (χ3n) is 3.45. The number of amides is 2. The van der Waals surface area contributed by atoms with Crippen LogP contribution in [-0.4, -0.2) is 18.0 Å². The summed E-state index contributed by atoms with van der Waals surface area (Å²) in [5.74, 6) is -2.21. The van der Waals surface area contributed by atoms with E-state index < -0.39 is 12.1 Å². The lowest BCUT2D eigenvalue weighted by Crippen LogP contribution is -2.36. The molecule has 2 aromatic rings. The van der Waals surface area contributed by atoms with E-state index in [9.17, 15) is 22.8 Å². The maximum absolute atomic E-state index is 12.2. The van der Waals surface area contributed by atoms with Crippen LogP contribution in [0, 0.1) is 0 Å². The molecule has 0 bridgehead atoms. The van der Waals surface area contributed by atoms with Crippen molar-refractivity contribution in [2.24, 2.45) is 0 Å². The Bertz CT molecular complexity index is 794. The highest BCUT2D eigenvalue weighted by molar-refractivity contribution is 9.10. The monoisotopic (exact) mass is 428 g/mol. The summed E-state index contributed by atoms with van der Waals surface area (Å²) in [5, 5.41) is 4.49. The number of hydrogen-bond acceptors (Lipinski definition) is 2. The predicted molar refractivity (Wildman–Crippen MR) is 95.4 cm³/mol. The van der Waals surface area contributed by atoms with Gasteiger partial charge >= 0.3 is 12.1 Å². The molecule has 2 aromatic carbocycles. The van der Waals surface area contributed by atoms with Crippen LogP contribution in [-0.2, 0) is 22.6 Å². The molecule has 26 heavy (non-hydrogen) atoms. The van der Waals surface area contributed by atoms with E-state index in [0.717, 1.165) is 10.0 Å². The Balaban J connectivity index is 1.87. The first-order valence-corrected chi connectivity index (χ1v) is 8.51. The van der Waals surface area contributed by atoms with Gasteiger partial charge in [-0.2, -0.15) is 13.2 Å². The highest BCUT2D eigenvalue weighted by Gasteiger charge is 2.38. The fraction of sp³-hybridized carbons (Fsp3) is 0.222. The molecule has 8 heteroatoms. The van der Waals surface area contributed by atoms with E-state index in [1.807, 2.05) is 24.3 Å². The molecule has 0 saturated heterocycles. The Hall–Kier alpha value is -2.35. The minimum atomic E-state index is -4.92. The van der Waals surface area contributed by atoms with E-state index in [0.29, 0.717) is 17.7 Å². The van der Waals surface area contributed by atoms with Crippen LogP contribution in [0.25, 0.3) is 0 Å². The smallest absolute Gasteiger partial charge is 0.344 e. The van der Waals surface area contributed by atoms with E-state index in [4.69, 9.17) is 0 Å². The molecule has 0 aliphatic carbocycles. The molecular weight excluding hydrogens is 413 g/mol. The van der Waals surface area contributed by atoms with Gasteiger partial charge in [0, 0.05) is 23.1 Å². The quantitative estimate of drug-likeness (QED) is 0.724. The number of rotatable bonds is 6. The van der Waals surface area contributed by atoms with Crippen LogP contribution in [0.5, 0.6) is 0 Å². The number of anilines is 1. The summed E-state index contributed by atoms with van der Waals surface area (Å²) in [6.07, 6.45) is -4.09. The van der Waals surface area contributed by atoms with Gasteiger partial charge in [-0.15, -0.1) is 0 Å². The molecule has 0 aliphatic rings. The molecule has 2 amide bonds. The summed E-state index contributed by atoms with van der Waals surface area (Å²) in [4.78, 5) is 22.9. The van der Waals surface area contributed by atoms with Gasteiger partial charge in [0.2, 0.25) is 5.91 Å². The van der Waals surface area contributed by atoms with Crippen molar-refractivity contribution in [2.75, 3.05) is 5.32 Å². The Labute approximate surface area is 156 Å². The number of halogens is 4. The molecule has 0 saturated carbocycles. The van der Waals surface area contributed by atoms with Crippen molar-refractivity contribution in [1.82, 2.24) is 5.32 Å². The number of aryl methyl sites for hydroxylation is 1. The maximum Gasteiger partial charge on any atom is 0.471 e. The van der Waals surface area contributed by atoms with Gasteiger partial charge in [-0.25, -0.2) is 0 Å². The second-order valence-electron chi connectivity index (χ2n) is 5.56. The van der Waals surface area contributed by atoms with Crippen LogP contribution in [0.1, 0.15) is 17.5 Å². The molecule has 2 N–H and O–H groups in total. The standard InChI is InChI=1S/C18H16BrF3N2O2/c19-14-5-1-3-12(9-14)7-8-16(25)24-15-6-2-4-13(10-15)11-23-17(26)18(20,21)22/h1-6,9-10H,7-8,11H2,(H,23,26)(H,24,25). The first-order valence-electron chi connectivity index (χ1n) is 7.72. The van der Waals surface area contributed by atoms with Crippen molar-refractivity contribution in [2.45, 2.75) is 25.6 Å². The number of hydrogen-bond donors (Lipinski definition) is 2. The highest BCUT2D eigenvalue weighted by atomic mass is 79.9. The van der Waals surface area contributed by atoms with Crippen molar-refractivity contribution in [1.29, 1.82) is 0 Å².